The highest BCUT2D eigenvalue weighted by Gasteiger charge is 2.07. The normalized spacial score (nSPS) is 9.95. The number of nitrogens with two attached hydrogens (primary N) is 1. The number of hydrogen-bond donors (Lipinski definition) is 2. The molecule has 0 atom stereocenters. The van der Waals surface area contributed by atoms with Crippen LogP contribution in [0.3, 0.4) is 0 Å². The van der Waals surface area contributed by atoms with Gasteiger partial charge in [0.25, 0.3) is 5.91 Å². The van der Waals surface area contributed by atoms with Gasteiger partial charge in [-0.15, -0.1) is 0 Å². The molecule has 0 aliphatic carbocycles. The van der Waals surface area contributed by atoms with Gasteiger partial charge in [0.1, 0.15) is 0 Å². The molecule has 1 heterocycles. The van der Waals surface area contributed by atoms with Crippen molar-refractivity contribution < 1.29 is 9.59 Å². The van der Waals surface area contributed by atoms with Crippen molar-refractivity contribution >= 4 is 11.8 Å². The number of nitrogens with zero attached hydrogens (tertiary/aromatic N) is 1. The largest absolute Gasteiger partial charge is 0.366 e. The molecule has 0 bridgehead atoms. The first-order valence-electron chi connectivity index (χ1n) is 5.70. The van der Waals surface area contributed by atoms with Gasteiger partial charge in [-0.05, 0) is 24.3 Å². The average Bonchev–Trinajstić information content (AvgIpc) is 2.46. The second-order valence-corrected chi connectivity index (χ2v) is 3.95. The summed E-state index contributed by atoms with van der Waals surface area (Å²) in [6.07, 6.45) is 1.52. The second-order valence-electron chi connectivity index (χ2n) is 3.95. The van der Waals surface area contributed by atoms with Crippen molar-refractivity contribution in [3.63, 3.8) is 0 Å². The Balaban J connectivity index is 2.44. The van der Waals surface area contributed by atoms with Crippen LogP contribution in [-0.2, 0) is 0 Å². The van der Waals surface area contributed by atoms with Gasteiger partial charge in [0.2, 0.25) is 5.91 Å². The summed E-state index contributed by atoms with van der Waals surface area (Å²) in [6.45, 7) is 0. The summed E-state index contributed by atoms with van der Waals surface area (Å²) in [6, 6.07) is 10.2. The molecule has 96 valence electrons. The number of carbonyl (C=O) groups excluding carboxylic acids is 2. The van der Waals surface area contributed by atoms with E-state index in [0.717, 1.165) is 5.56 Å². The quantitative estimate of drug-likeness (QED) is 0.864. The average molecular weight is 255 g/mol. The van der Waals surface area contributed by atoms with Gasteiger partial charge in [0.15, 0.2) is 0 Å². The van der Waals surface area contributed by atoms with Crippen LogP contribution >= 0.6 is 0 Å². The van der Waals surface area contributed by atoms with E-state index in [0.29, 0.717) is 16.8 Å². The van der Waals surface area contributed by atoms with Crippen molar-refractivity contribution in [2.24, 2.45) is 5.73 Å². The van der Waals surface area contributed by atoms with Crippen molar-refractivity contribution in [1.29, 1.82) is 0 Å². The van der Waals surface area contributed by atoms with Crippen molar-refractivity contribution in [3.05, 3.63) is 53.7 Å². The van der Waals surface area contributed by atoms with Gasteiger partial charge < -0.3 is 11.1 Å². The number of carbonyl (C=O) groups is 2. The standard InChI is InChI=1S/C14H13N3O2/c1-16-14(19)11-4-2-3-9(7-11)12-8-10(13(15)18)5-6-17-12/h2-8H,1H3,(H2,15,18)(H,16,19). The Bertz CT molecular complexity index is 638. The monoisotopic (exact) mass is 255 g/mol. The van der Waals surface area contributed by atoms with Crippen LogP contribution in [0, 0.1) is 0 Å². The molecule has 0 fully saturated rings. The Morgan fingerprint density at radius 3 is 2.63 bits per heavy atom. The van der Waals surface area contributed by atoms with Crippen LogP contribution < -0.4 is 11.1 Å². The molecule has 0 radical (unpaired) electrons. The molecule has 1 aromatic carbocycles. The van der Waals surface area contributed by atoms with Gasteiger partial charge in [-0.1, -0.05) is 12.1 Å². The summed E-state index contributed by atoms with van der Waals surface area (Å²) < 4.78 is 0. The minimum atomic E-state index is -0.508. The molecule has 1 aromatic heterocycles. The lowest BCUT2D eigenvalue weighted by Crippen LogP contribution is -2.17. The van der Waals surface area contributed by atoms with Gasteiger partial charge >= 0.3 is 0 Å². The van der Waals surface area contributed by atoms with Crippen LogP contribution in [0.5, 0.6) is 0 Å². The van der Waals surface area contributed by atoms with E-state index in [4.69, 9.17) is 5.73 Å². The molecule has 0 aliphatic rings. The molecule has 2 rings (SSSR count). The summed E-state index contributed by atoms with van der Waals surface area (Å²) in [5.74, 6) is -0.681. The number of nitrogens with one attached hydrogen (secondary N) is 1. The molecule has 0 aliphatic heterocycles. The predicted octanol–water partition coefficient (Wildman–Crippen LogP) is 1.21. The molecular formula is C14H13N3O2. The molecule has 0 spiro atoms. The third-order valence-electron chi connectivity index (χ3n) is 2.69. The highest BCUT2D eigenvalue weighted by molar-refractivity contribution is 5.96. The third kappa shape index (κ3) is 2.77. The Hall–Kier alpha value is -2.69. The first-order valence-corrected chi connectivity index (χ1v) is 5.70. The van der Waals surface area contributed by atoms with Gasteiger partial charge in [0, 0.05) is 29.9 Å². The SMILES string of the molecule is CNC(=O)c1cccc(-c2cc(C(N)=O)ccn2)c1. The van der Waals surface area contributed by atoms with E-state index in [1.54, 1.807) is 37.4 Å². The second kappa shape index (κ2) is 5.30. The van der Waals surface area contributed by atoms with Gasteiger partial charge in [-0.2, -0.15) is 0 Å². The van der Waals surface area contributed by atoms with E-state index < -0.39 is 5.91 Å². The van der Waals surface area contributed by atoms with E-state index in [9.17, 15) is 9.59 Å². The van der Waals surface area contributed by atoms with E-state index in [1.807, 2.05) is 6.07 Å². The Kier molecular flexibility index (Phi) is 3.56. The van der Waals surface area contributed by atoms with Gasteiger partial charge in [0.05, 0.1) is 5.69 Å². The van der Waals surface area contributed by atoms with Gasteiger partial charge in [-0.3, -0.25) is 14.6 Å². The van der Waals surface area contributed by atoms with Crippen LogP contribution in [0.2, 0.25) is 0 Å². The zero-order chi connectivity index (χ0) is 13.8. The number of benzene rings is 1. The lowest BCUT2D eigenvalue weighted by Gasteiger charge is -2.05. The first kappa shape index (κ1) is 12.8. The van der Waals surface area contributed by atoms with E-state index in [2.05, 4.69) is 10.3 Å². The predicted molar refractivity (Wildman–Crippen MR) is 71.6 cm³/mol. The summed E-state index contributed by atoms with van der Waals surface area (Å²) in [5.41, 5.74) is 7.50. The summed E-state index contributed by atoms with van der Waals surface area (Å²) >= 11 is 0. The molecule has 3 N–H and O–H groups in total. The zero-order valence-corrected chi connectivity index (χ0v) is 10.4. The number of amides is 2. The Labute approximate surface area is 110 Å². The Morgan fingerprint density at radius 2 is 1.95 bits per heavy atom. The number of aromatic nitrogens is 1. The number of pyridine rings is 1. The number of rotatable bonds is 3. The lowest BCUT2D eigenvalue weighted by molar-refractivity contribution is 0.0961. The van der Waals surface area contributed by atoms with Crippen LogP contribution in [0.25, 0.3) is 11.3 Å². The number of hydrogen-bond acceptors (Lipinski definition) is 3. The minimum Gasteiger partial charge on any atom is -0.366 e. The zero-order valence-electron chi connectivity index (χ0n) is 10.4. The molecule has 0 unspecified atom stereocenters. The van der Waals surface area contributed by atoms with Crippen LogP contribution in [-0.4, -0.2) is 23.8 Å². The molecule has 19 heavy (non-hydrogen) atoms. The van der Waals surface area contributed by atoms with Crippen molar-refractivity contribution in [2.75, 3.05) is 7.05 Å². The van der Waals surface area contributed by atoms with E-state index >= 15 is 0 Å². The van der Waals surface area contributed by atoms with Crippen LogP contribution in [0.4, 0.5) is 0 Å². The number of primary amides is 1. The molecule has 5 nitrogen and oxygen atoms in total. The maximum Gasteiger partial charge on any atom is 0.251 e. The van der Waals surface area contributed by atoms with E-state index in [1.165, 1.54) is 6.20 Å². The summed E-state index contributed by atoms with van der Waals surface area (Å²) in [4.78, 5) is 26.9. The fourth-order valence-corrected chi connectivity index (χ4v) is 1.71. The first-order chi connectivity index (χ1) is 9.11. The molecule has 5 heteroatoms. The van der Waals surface area contributed by atoms with Crippen LogP contribution in [0.15, 0.2) is 42.6 Å². The van der Waals surface area contributed by atoms with Gasteiger partial charge in [-0.25, -0.2) is 0 Å². The summed E-state index contributed by atoms with van der Waals surface area (Å²) in [7, 11) is 1.57. The highest BCUT2D eigenvalue weighted by Crippen LogP contribution is 2.19. The summed E-state index contributed by atoms with van der Waals surface area (Å²) in [5, 5.41) is 2.56. The maximum atomic E-state index is 11.6. The maximum absolute atomic E-state index is 11.6. The van der Waals surface area contributed by atoms with Crippen molar-refractivity contribution in [1.82, 2.24) is 10.3 Å². The van der Waals surface area contributed by atoms with Crippen LogP contribution in [0.1, 0.15) is 20.7 Å². The highest BCUT2D eigenvalue weighted by atomic mass is 16.1. The Morgan fingerprint density at radius 1 is 1.16 bits per heavy atom. The molecule has 2 aromatic rings. The fourth-order valence-electron chi connectivity index (χ4n) is 1.71. The molecule has 0 saturated carbocycles. The molecule has 0 saturated heterocycles. The fraction of sp³-hybridized carbons (Fsp3) is 0.0714. The lowest BCUT2D eigenvalue weighted by atomic mass is 10.1. The van der Waals surface area contributed by atoms with E-state index in [-0.39, 0.29) is 5.91 Å². The smallest absolute Gasteiger partial charge is 0.251 e. The molecular weight excluding hydrogens is 242 g/mol. The van der Waals surface area contributed by atoms with Crippen molar-refractivity contribution in [2.45, 2.75) is 0 Å². The third-order valence-corrected chi connectivity index (χ3v) is 2.69. The topological polar surface area (TPSA) is 85.1 Å². The van der Waals surface area contributed by atoms with Crippen molar-refractivity contribution in [3.8, 4) is 11.3 Å². The minimum absolute atomic E-state index is 0.173. The molecule has 2 amide bonds.